The van der Waals surface area contributed by atoms with Gasteiger partial charge in [-0.25, -0.2) is 0 Å². The van der Waals surface area contributed by atoms with Gasteiger partial charge in [-0.1, -0.05) is 43.7 Å². The minimum Gasteiger partial charge on any atom is -0.486 e. The lowest BCUT2D eigenvalue weighted by Crippen LogP contribution is -2.38. The summed E-state index contributed by atoms with van der Waals surface area (Å²) in [4.78, 5) is 14.6. The Morgan fingerprint density at radius 1 is 1.12 bits per heavy atom. The summed E-state index contributed by atoms with van der Waals surface area (Å²) >= 11 is 6.27. The number of amides is 1. The van der Waals surface area contributed by atoms with Crippen LogP contribution in [0.25, 0.3) is 0 Å². The van der Waals surface area contributed by atoms with Crippen LogP contribution in [0.15, 0.2) is 12.1 Å². The number of halogens is 1. The van der Waals surface area contributed by atoms with Gasteiger partial charge in [-0.3, -0.25) is 9.69 Å². The maximum atomic E-state index is 12.5. The molecule has 1 aromatic carbocycles. The van der Waals surface area contributed by atoms with Crippen LogP contribution >= 0.6 is 11.6 Å². The molecule has 3 rings (SSSR count). The molecule has 5 nitrogen and oxygen atoms in total. The SMILES string of the molecule is CN(CC(=O)Nc1cc2c(cc1Cl)OCCO2)C1CCCCCCC1. The summed E-state index contributed by atoms with van der Waals surface area (Å²) in [6.45, 7) is 1.39. The van der Waals surface area contributed by atoms with Crippen molar-refractivity contribution in [3.05, 3.63) is 17.2 Å². The Morgan fingerprint density at radius 3 is 2.40 bits per heavy atom. The van der Waals surface area contributed by atoms with E-state index in [1.165, 1.54) is 44.9 Å². The highest BCUT2D eigenvalue weighted by Crippen LogP contribution is 2.37. The lowest BCUT2D eigenvalue weighted by molar-refractivity contribution is -0.117. The number of ether oxygens (including phenoxy) is 2. The van der Waals surface area contributed by atoms with Crippen LogP contribution in [-0.2, 0) is 4.79 Å². The number of hydrogen-bond donors (Lipinski definition) is 1. The number of nitrogens with one attached hydrogen (secondary N) is 1. The molecule has 1 aromatic rings. The molecule has 1 fully saturated rings. The largest absolute Gasteiger partial charge is 0.486 e. The second kappa shape index (κ2) is 8.77. The molecule has 1 saturated carbocycles. The van der Waals surface area contributed by atoms with Crippen molar-refractivity contribution in [3.63, 3.8) is 0 Å². The number of benzene rings is 1. The van der Waals surface area contributed by atoms with Crippen LogP contribution in [0.3, 0.4) is 0 Å². The number of carbonyl (C=O) groups is 1. The Balaban J connectivity index is 1.58. The molecule has 0 spiro atoms. The van der Waals surface area contributed by atoms with Crippen molar-refractivity contribution in [2.75, 3.05) is 32.1 Å². The third-order valence-corrected chi connectivity index (χ3v) is 5.31. The van der Waals surface area contributed by atoms with Crippen LogP contribution in [0.4, 0.5) is 5.69 Å². The highest BCUT2D eigenvalue weighted by Gasteiger charge is 2.20. The van der Waals surface area contributed by atoms with Gasteiger partial charge in [0.15, 0.2) is 11.5 Å². The van der Waals surface area contributed by atoms with Gasteiger partial charge in [-0.15, -0.1) is 0 Å². The summed E-state index contributed by atoms with van der Waals surface area (Å²) in [6.07, 6.45) is 8.82. The summed E-state index contributed by atoms with van der Waals surface area (Å²) in [5.41, 5.74) is 0.571. The number of fused-ring (bicyclic) bond motifs is 1. The van der Waals surface area contributed by atoms with E-state index in [4.69, 9.17) is 21.1 Å². The lowest BCUT2D eigenvalue weighted by atomic mass is 9.96. The molecule has 1 aliphatic carbocycles. The molecule has 0 saturated heterocycles. The highest BCUT2D eigenvalue weighted by atomic mass is 35.5. The fraction of sp³-hybridized carbons (Fsp3) is 0.632. The van der Waals surface area contributed by atoms with Gasteiger partial charge in [-0.05, 0) is 19.9 Å². The summed E-state index contributed by atoms with van der Waals surface area (Å²) in [6, 6.07) is 3.93. The first kappa shape index (κ1) is 18.3. The predicted octanol–water partition coefficient (Wildman–Crippen LogP) is 4.09. The Kier molecular flexibility index (Phi) is 6.43. The average Bonchev–Trinajstić information content (AvgIpc) is 2.55. The molecule has 6 heteroatoms. The fourth-order valence-electron chi connectivity index (χ4n) is 3.58. The molecule has 1 N–H and O–H groups in total. The van der Waals surface area contributed by atoms with E-state index in [-0.39, 0.29) is 5.91 Å². The molecule has 0 unspecified atom stereocenters. The molecule has 25 heavy (non-hydrogen) atoms. The molecule has 1 heterocycles. The smallest absolute Gasteiger partial charge is 0.238 e. The van der Waals surface area contributed by atoms with Crippen molar-refractivity contribution in [3.8, 4) is 11.5 Å². The summed E-state index contributed by atoms with van der Waals surface area (Å²) in [7, 11) is 2.04. The van der Waals surface area contributed by atoms with Gasteiger partial charge in [0.05, 0.1) is 17.3 Å². The molecule has 1 aliphatic heterocycles. The van der Waals surface area contributed by atoms with E-state index in [1.54, 1.807) is 12.1 Å². The Hall–Kier alpha value is -1.46. The standard InChI is InChI=1S/C19H27ClN2O3/c1-22(14-7-5-3-2-4-6-8-14)13-19(23)21-16-12-18-17(11-15(16)20)24-9-10-25-18/h11-12,14H,2-10,13H2,1H3,(H,21,23). The summed E-state index contributed by atoms with van der Waals surface area (Å²) in [5.74, 6) is 1.20. The molecule has 2 aliphatic rings. The Bertz CT molecular complexity index is 601. The number of likely N-dealkylation sites (N-methyl/N-ethyl adjacent to an activating group) is 1. The maximum absolute atomic E-state index is 12.5. The minimum absolute atomic E-state index is 0.0527. The first-order chi connectivity index (χ1) is 12.1. The number of rotatable bonds is 4. The van der Waals surface area contributed by atoms with E-state index < -0.39 is 0 Å². The van der Waals surface area contributed by atoms with Gasteiger partial charge in [0.1, 0.15) is 13.2 Å². The molecule has 138 valence electrons. The minimum atomic E-state index is -0.0527. The Morgan fingerprint density at radius 2 is 1.72 bits per heavy atom. The van der Waals surface area contributed by atoms with E-state index in [0.29, 0.717) is 48.0 Å². The van der Waals surface area contributed by atoms with E-state index in [9.17, 15) is 4.79 Å². The quantitative estimate of drug-likeness (QED) is 0.871. The van der Waals surface area contributed by atoms with Crippen molar-refractivity contribution in [2.24, 2.45) is 0 Å². The van der Waals surface area contributed by atoms with Gasteiger partial charge < -0.3 is 14.8 Å². The van der Waals surface area contributed by atoms with E-state index in [2.05, 4.69) is 10.2 Å². The fourth-order valence-corrected chi connectivity index (χ4v) is 3.78. The van der Waals surface area contributed by atoms with Gasteiger partial charge in [0.25, 0.3) is 0 Å². The first-order valence-corrected chi connectivity index (χ1v) is 9.60. The predicted molar refractivity (Wildman–Crippen MR) is 99.8 cm³/mol. The molecular formula is C19H27ClN2O3. The summed E-state index contributed by atoms with van der Waals surface area (Å²) in [5, 5.41) is 3.37. The van der Waals surface area contributed by atoms with Gasteiger partial charge >= 0.3 is 0 Å². The molecule has 0 radical (unpaired) electrons. The maximum Gasteiger partial charge on any atom is 0.238 e. The molecule has 0 atom stereocenters. The normalized spacial score (nSPS) is 18.5. The van der Waals surface area contributed by atoms with Crippen LogP contribution in [0.5, 0.6) is 11.5 Å². The van der Waals surface area contributed by atoms with E-state index in [0.717, 1.165) is 0 Å². The molecular weight excluding hydrogens is 340 g/mol. The monoisotopic (exact) mass is 366 g/mol. The van der Waals surface area contributed by atoms with Crippen LogP contribution < -0.4 is 14.8 Å². The highest BCUT2D eigenvalue weighted by molar-refractivity contribution is 6.34. The topological polar surface area (TPSA) is 50.8 Å². The van der Waals surface area contributed by atoms with Crippen molar-refractivity contribution in [1.29, 1.82) is 0 Å². The Labute approximate surface area is 154 Å². The molecule has 0 bridgehead atoms. The number of anilines is 1. The van der Waals surface area contributed by atoms with Crippen LogP contribution in [0.2, 0.25) is 5.02 Å². The average molecular weight is 367 g/mol. The molecule has 1 amide bonds. The second-order valence-corrected chi connectivity index (χ2v) is 7.35. The first-order valence-electron chi connectivity index (χ1n) is 9.23. The van der Waals surface area contributed by atoms with Gasteiger partial charge in [0.2, 0.25) is 5.91 Å². The van der Waals surface area contributed by atoms with E-state index >= 15 is 0 Å². The zero-order chi connectivity index (χ0) is 17.6. The third kappa shape index (κ3) is 5.02. The zero-order valence-electron chi connectivity index (χ0n) is 14.9. The van der Waals surface area contributed by atoms with E-state index in [1.807, 2.05) is 7.05 Å². The van der Waals surface area contributed by atoms with Gasteiger partial charge in [0, 0.05) is 18.2 Å². The zero-order valence-corrected chi connectivity index (χ0v) is 15.6. The van der Waals surface area contributed by atoms with Crippen LogP contribution in [-0.4, -0.2) is 43.7 Å². The van der Waals surface area contributed by atoms with Crippen molar-refractivity contribution < 1.29 is 14.3 Å². The third-order valence-electron chi connectivity index (χ3n) is 5.00. The van der Waals surface area contributed by atoms with Crippen molar-refractivity contribution in [2.45, 2.75) is 51.0 Å². The second-order valence-electron chi connectivity index (χ2n) is 6.94. The van der Waals surface area contributed by atoms with Gasteiger partial charge in [-0.2, -0.15) is 0 Å². The molecule has 0 aromatic heterocycles. The van der Waals surface area contributed by atoms with Crippen LogP contribution in [0.1, 0.15) is 44.9 Å². The summed E-state index contributed by atoms with van der Waals surface area (Å²) < 4.78 is 11.1. The lowest BCUT2D eigenvalue weighted by Gasteiger charge is -2.29. The number of carbonyl (C=O) groups excluding carboxylic acids is 1. The van der Waals surface area contributed by atoms with Crippen LogP contribution in [0, 0.1) is 0 Å². The van der Waals surface area contributed by atoms with Crippen molar-refractivity contribution >= 4 is 23.2 Å². The van der Waals surface area contributed by atoms with Crippen molar-refractivity contribution in [1.82, 2.24) is 4.90 Å². The number of hydrogen-bond acceptors (Lipinski definition) is 4. The number of nitrogens with zero attached hydrogens (tertiary/aromatic N) is 1.